The lowest BCUT2D eigenvalue weighted by molar-refractivity contribution is 0.277. The molecule has 0 bridgehead atoms. The van der Waals surface area contributed by atoms with Crippen LogP contribution in [0.4, 0.5) is 4.39 Å². The number of halogens is 2. The van der Waals surface area contributed by atoms with Gasteiger partial charge in [-0.15, -0.1) is 0 Å². The molecule has 1 aliphatic rings. The summed E-state index contributed by atoms with van der Waals surface area (Å²) in [5.41, 5.74) is 1.14. The Morgan fingerprint density at radius 1 is 1.30 bits per heavy atom. The molecule has 1 aromatic carbocycles. The van der Waals surface area contributed by atoms with Crippen LogP contribution < -0.4 is 4.74 Å². The van der Waals surface area contributed by atoms with Crippen LogP contribution in [0.2, 0.25) is 5.02 Å². The number of benzene rings is 1. The molecule has 2 aromatic rings. The Morgan fingerprint density at radius 3 is 2.67 bits per heavy atom. The SMILES string of the molecule is CCC(Oc1cc(-n2c(O)c3c(c2O)CCC=C3)c(F)cc1Cl)P(C)CC. The lowest BCUT2D eigenvalue weighted by Crippen LogP contribution is -2.14. The highest BCUT2D eigenvalue weighted by Gasteiger charge is 2.26. The van der Waals surface area contributed by atoms with E-state index >= 15 is 0 Å². The third-order valence-electron chi connectivity index (χ3n) is 4.95. The minimum atomic E-state index is -0.642. The molecule has 2 N–H and O–H groups in total. The van der Waals surface area contributed by atoms with Gasteiger partial charge in [-0.3, -0.25) is 0 Å². The molecule has 0 fully saturated rings. The number of nitrogens with zero attached hydrogens (tertiary/aromatic N) is 1. The van der Waals surface area contributed by atoms with Crippen molar-refractivity contribution in [2.45, 2.75) is 39.0 Å². The smallest absolute Gasteiger partial charge is 0.206 e. The lowest BCUT2D eigenvalue weighted by atomic mass is 10.0. The number of ether oxygens (including phenoxy) is 1. The highest BCUT2D eigenvalue weighted by molar-refractivity contribution is 7.57. The zero-order valence-corrected chi connectivity index (χ0v) is 17.3. The molecule has 27 heavy (non-hydrogen) atoms. The molecule has 2 unspecified atom stereocenters. The van der Waals surface area contributed by atoms with E-state index < -0.39 is 5.82 Å². The minimum absolute atomic E-state index is 0.00352. The average molecular weight is 412 g/mol. The van der Waals surface area contributed by atoms with Crippen molar-refractivity contribution in [1.29, 1.82) is 0 Å². The van der Waals surface area contributed by atoms with Crippen LogP contribution in [0, 0.1) is 5.82 Å². The van der Waals surface area contributed by atoms with Crippen molar-refractivity contribution in [3.05, 3.63) is 40.2 Å². The van der Waals surface area contributed by atoms with Crippen molar-refractivity contribution in [2.24, 2.45) is 0 Å². The monoisotopic (exact) mass is 411 g/mol. The van der Waals surface area contributed by atoms with E-state index in [4.69, 9.17) is 16.3 Å². The summed E-state index contributed by atoms with van der Waals surface area (Å²) in [5.74, 6) is -0.634. The molecule has 0 amide bonds. The molecular formula is C20H24ClFNO3P. The van der Waals surface area contributed by atoms with Gasteiger partial charge in [0.2, 0.25) is 11.8 Å². The average Bonchev–Trinajstić information content (AvgIpc) is 2.92. The molecule has 3 rings (SSSR count). The lowest BCUT2D eigenvalue weighted by Gasteiger charge is -2.24. The van der Waals surface area contributed by atoms with Crippen molar-refractivity contribution < 1.29 is 19.3 Å². The topological polar surface area (TPSA) is 54.6 Å². The fraction of sp³-hybridized carbons (Fsp3) is 0.400. The largest absolute Gasteiger partial charge is 0.494 e. The second kappa shape index (κ2) is 8.12. The summed E-state index contributed by atoms with van der Waals surface area (Å²) in [7, 11) is -0.349. The van der Waals surface area contributed by atoms with E-state index in [9.17, 15) is 14.6 Å². The molecule has 0 saturated heterocycles. The number of rotatable bonds is 6. The molecule has 0 spiro atoms. The van der Waals surface area contributed by atoms with Crippen molar-refractivity contribution >= 4 is 25.6 Å². The van der Waals surface area contributed by atoms with Gasteiger partial charge in [0.25, 0.3) is 0 Å². The van der Waals surface area contributed by atoms with Gasteiger partial charge < -0.3 is 14.9 Å². The first-order chi connectivity index (χ1) is 12.9. The predicted molar refractivity (Wildman–Crippen MR) is 110 cm³/mol. The fourth-order valence-electron chi connectivity index (χ4n) is 3.31. The van der Waals surface area contributed by atoms with Gasteiger partial charge in [-0.25, -0.2) is 8.96 Å². The molecule has 1 aromatic heterocycles. The zero-order valence-electron chi connectivity index (χ0n) is 15.7. The fourth-order valence-corrected chi connectivity index (χ4v) is 4.82. The number of hydrogen-bond donors (Lipinski definition) is 2. The maximum Gasteiger partial charge on any atom is 0.206 e. The highest BCUT2D eigenvalue weighted by Crippen LogP contribution is 2.44. The summed E-state index contributed by atoms with van der Waals surface area (Å²) in [6.45, 7) is 6.32. The van der Waals surface area contributed by atoms with Crippen LogP contribution in [0.5, 0.6) is 17.5 Å². The van der Waals surface area contributed by atoms with E-state index in [1.165, 1.54) is 6.07 Å². The van der Waals surface area contributed by atoms with E-state index in [1.807, 2.05) is 13.0 Å². The van der Waals surface area contributed by atoms with Crippen molar-refractivity contribution in [3.8, 4) is 23.2 Å². The summed E-state index contributed by atoms with van der Waals surface area (Å²) in [5, 5.41) is 21.3. The molecule has 146 valence electrons. The molecule has 0 aliphatic heterocycles. The molecule has 1 heterocycles. The Balaban J connectivity index is 2.08. The molecule has 0 radical (unpaired) electrons. The van der Waals surface area contributed by atoms with Crippen LogP contribution in [0.15, 0.2) is 18.2 Å². The summed E-state index contributed by atoms with van der Waals surface area (Å²) in [4.78, 5) is 0. The van der Waals surface area contributed by atoms with Gasteiger partial charge in [0.15, 0.2) is 0 Å². The van der Waals surface area contributed by atoms with E-state index in [1.54, 1.807) is 6.08 Å². The third-order valence-corrected chi connectivity index (χ3v) is 7.70. The van der Waals surface area contributed by atoms with E-state index in [-0.39, 0.29) is 36.2 Å². The van der Waals surface area contributed by atoms with Crippen molar-refractivity contribution in [3.63, 3.8) is 0 Å². The highest BCUT2D eigenvalue weighted by atomic mass is 35.5. The molecule has 7 heteroatoms. The Labute approximate surface area is 165 Å². The van der Waals surface area contributed by atoms with Gasteiger partial charge in [0.05, 0.1) is 10.7 Å². The number of fused-ring (bicyclic) bond motifs is 1. The number of aromatic hydroxyl groups is 2. The molecule has 0 saturated carbocycles. The van der Waals surface area contributed by atoms with E-state index in [2.05, 4.69) is 13.6 Å². The van der Waals surface area contributed by atoms with Gasteiger partial charge in [0, 0.05) is 17.2 Å². The number of hydrogen-bond acceptors (Lipinski definition) is 3. The van der Waals surface area contributed by atoms with Crippen LogP contribution in [0.25, 0.3) is 11.8 Å². The Kier molecular flexibility index (Phi) is 6.02. The van der Waals surface area contributed by atoms with Crippen LogP contribution in [0.1, 0.15) is 37.8 Å². The van der Waals surface area contributed by atoms with Gasteiger partial charge in [-0.1, -0.05) is 45.5 Å². The maximum atomic E-state index is 14.7. The normalized spacial score (nSPS) is 15.4. The van der Waals surface area contributed by atoms with Crippen LogP contribution >= 0.6 is 19.5 Å². The van der Waals surface area contributed by atoms with Crippen LogP contribution in [-0.2, 0) is 6.42 Å². The van der Waals surface area contributed by atoms with Gasteiger partial charge in [-0.2, -0.15) is 0 Å². The number of allylic oxidation sites excluding steroid dienone is 1. The first-order valence-electron chi connectivity index (χ1n) is 9.07. The first kappa shape index (κ1) is 20.0. The second-order valence-electron chi connectivity index (χ2n) is 6.60. The van der Waals surface area contributed by atoms with Crippen LogP contribution in [0.3, 0.4) is 0 Å². The molecular weight excluding hydrogens is 388 g/mol. The predicted octanol–water partition coefficient (Wildman–Crippen LogP) is 5.89. The summed E-state index contributed by atoms with van der Waals surface area (Å²) in [6.07, 6.45) is 6.84. The molecule has 4 nitrogen and oxygen atoms in total. The maximum absolute atomic E-state index is 14.7. The summed E-state index contributed by atoms with van der Waals surface area (Å²) in [6, 6.07) is 2.62. The Bertz CT molecular complexity index is 881. The van der Waals surface area contributed by atoms with Gasteiger partial charge in [0.1, 0.15) is 17.4 Å². The quantitative estimate of drug-likeness (QED) is 0.583. The van der Waals surface area contributed by atoms with Crippen molar-refractivity contribution in [1.82, 2.24) is 4.57 Å². The first-order valence-corrected chi connectivity index (χ1v) is 11.5. The Hall–Kier alpha value is -1.71. The van der Waals surface area contributed by atoms with Gasteiger partial charge >= 0.3 is 0 Å². The summed E-state index contributed by atoms with van der Waals surface area (Å²) >= 11 is 6.22. The Morgan fingerprint density at radius 2 is 2.04 bits per heavy atom. The number of aromatic nitrogens is 1. The second-order valence-corrected chi connectivity index (χ2v) is 9.73. The zero-order chi connectivity index (χ0) is 19.7. The molecule has 1 aliphatic carbocycles. The van der Waals surface area contributed by atoms with Crippen molar-refractivity contribution in [2.75, 3.05) is 12.8 Å². The minimum Gasteiger partial charge on any atom is -0.494 e. The van der Waals surface area contributed by atoms with E-state index in [0.29, 0.717) is 23.3 Å². The summed E-state index contributed by atoms with van der Waals surface area (Å²) < 4.78 is 21.9. The third kappa shape index (κ3) is 3.68. The van der Waals surface area contributed by atoms with E-state index in [0.717, 1.165) is 29.6 Å². The standard InChI is InChI=1S/C20H24ClFNO3P/c1-4-18(27(3)5-2)26-17-11-16(15(22)10-14(17)21)23-19(24)12-8-6-7-9-13(12)20(23)25/h6,8,10-11,18,24-25H,4-5,7,9H2,1-3H3. The van der Waals surface area contributed by atoms with Gasteiger partial charge in [-0.05, 0) is 38.2 Å². The van der Waals surface area contributed by atoms with Crippen LogP contribution in [-0.4, -0.2) is 33.5 Å². The molecule has 2 atom stereocenters.